The molecule has 1 fully saturated rings. The molecule has 1 aliphatic heterocycles. The van der Waals surface area contributed by atoms with E-state index in [0.29, 0.717) is 54.2 Å². The Kier molecular flexibility index (Phi) is 4.63. The van der Waals surface area contributed by atoms with E-state index < -0.39 is 11.2 Å². The zero-order chi connectivity index (χ0) is 17.3. The highest BCUT2D eigenvalue weighted by Gasteiger charge is 2.36. The van der Waals surface area contributed by atoms with E-state index in [2.05, 4.69) is 25.5 Å². The van der Waals surface area contributed by atoms with Crippen molar-refractivity contribution < 1.29 is 13.2 Å². The molecule has 0 amide bonds. The molecule has 1 aliphatic rings. The monoisotopic (exact) mass is 379 g/mol. The van der Waals surface area contributed by atoms with E-state index in [9.17, 15) is 13.2 Å². The molecule has 130 valence electrons. The Morgan fingerprint density at radius 3 is 2.38 bits per heavy atom. The summed E-state index contributed by atoms with van der Waals surface area (Å²) in [5.41, 5.74) is 0.628. The number of halogens is 4. The molecule has 2 aromatic heterocycles. The summed E-state index contributed by atoms with van der Waals surface area (Å²) in [7, 11) is 1.73. The first-order valence-electron chi connectivity index (χ1n) is 6.99. The van der Waals surface area contributed by atoms with Crippen molar-refractivity contribution in [3.05, 3.63) is 16.5 Å². The number of anilines is 3. The van der Waals surface area contributed by atoms with Crippen molar-refractivity contribution in [3.63, 3.8) is 0 Å². The number of alkyl halides is 3. The molecule has 0 atom stereocenters. The van der Waals surface area contributed by atoms with E-state index in [1.807, 2.05) is 4.90 Å². The molecule has 7 nitrogen and oxygen atoms in total. The van der Waals surface area contributed by atoms with Gasteiger partial charge in [-0.2, -0.15) is 13.2 Å². The second-order valence-corrected chi connectivity index (χ2v) is 6.29. The molecule has 0 saturated carbocycles. The van der Waals surface area contributed by atoms with Crippen LogP contribution >= 0.6 is 22.9 Å². The molecular weight excluding hydrogens is 367 g/mol. The maximum atomic E-state index is 12.6. The average Bonchev–Trinajstić information content (AvgIpc) is 3.05. The van der Waals surface area contributed by atoms with Crippen LogP contribution in [0.4, 0.5) is 29.8 Å². The molecule has 0 bridgehead atoms. The van der Waals surface area contributed by atoms with Crippen LogP contribution in [0.25, 0.3) is 0 Å². The molecule has 1 N–H and O–H groups in total. The number of hydrogen-bond donors (Lipinski definition) is 1. The zero-order valence-corrected chi connectivity index (χ0v) is 14.1. The minimum atomic E-state index is -4.46. The first-order chi connectivity index (χ1) is 11.4. The lowest BCUT2D eigenvalue weighted by molar-refractivity contribution is -0.138. The third-order valence-corrected chi connectivity index (χ3v) is 4.85. The zero-order valence-electron chi connectivity index (χ0n) is 12.5. The molecule has 0 aromatic carbocycles. The van der Waals surface area contributed by atoms with Crippen LogP contribution in [0.2, 0.25) is 5.15 Å². The topological polar surface area (TPSA) is 70.1 Å². The van der Waals surface area contributed by atoms with Gasteiger partial charge in [-0.1, -0.05) is 22.9 Å². The molecular formula is C12H13ClF3N7S. The SMILES string of the molecule is CNc1c(Cl)ncnc1N1CCN(c2nnc(C(F)(F)F)s2)CC1. The molecule has 0 radical (unpaired) electrons. The minimum Gasteiger partial charge on any atom is -0.383 e. The number of rotatable bonds is 3. The van der Waals surface area contributed by atoms with Crippen LogP contribution in [0.1, 0.15) is 5.01 Å². The number of nitrogens with zero attached hydrogens (tertiary/aromatic N) is 6. The summed E-state index contributed by atoms with van der Waals surface area (Å²) >= 11 is 6.60. The molecule has 0 spiro atoms. The van der Waals surface area contributed by atoms with E-state index in [0.717, 1.165) is 0 Å². The highest BCUT2D eigenvalue weighted by atomic mass is 35.5. The van der Waals surface area contributed by atoms with Crippen LogP contribution in [0.15, 0.2) is 6.33 Å². The van der Waals surface area contributed by atoms with Crippen molar-refractivity contribution in [2.24, 2.45) is 0 Å². The van der Waals surface area contributed by atoms with Crippen molar-refractivity contribution in [1.82, 2.24) is 20.2 Å². The summed E-state index contributed by atoms with van der Waals surface area (Å²) in [5.74, 6) is 0.672. The van der Waals surface area contributed by atoms with E-state index in [1.165, 1.54) is 6.33 Å². The summed E-state index contributed by atoms with van der Waals surface area (Å²) in [6.45, 7) is 2.17. The first kappa shape index (κ1) is 17.0. The van der Waals surface area contributed by atoms with Gasteiger partial charge in [0.15, 0.2) is 11.0 Å². The standard InChI is InChI=1S/C12H13ClF3N7S/c1-17-7-8(13)18-6-19-9(7)22-2-4-23(5-3-22)11-21-20-10(24-11)12(14,15)16/h6,17H,2-5H2,1H3. The first-order valence-corrected chi connectivity index (χ1v) is 8.18. The van der Waals surface area contributed by atoms with E-state index >= 15 is 0 Å². The maximum absolute atomic E-state index is 12.6. The molecule has 24 heavy (non-hydrogen) atoms. The van der Waals surface area contributed by atoms with E-state index in [4.69, 9.17) is 11.6 Å². The summed E-state index contributed by atoms with van der Waals surface area (Å²) < 4.78 is 37.9. The Morgan fingerprint density at radius 1 is 1.12 bits per heavy atom. The van der Waals surface area contributed by atoms with Crippen LogP contribution < -0.4 is 15.1 Å². The predicted octanol–water partition coefficient (Wildman–Crippen LogP) is 2.37. The van der Waals surface area contributed by atoms with Crippen molar-refractivity contribution in [3.8, 4) is 0 Å². The van der Waals surface area contributed by atoms with Gasteiger partial charge in [0.1, 0.15) is 12.0 Å². The Hall–Kier alpha value is -1.88. The highest BCUT2D eigenvalue weighted by Crippen LogP contribution is 2.35. The van der Waals surface area contributed by atoms with Crippen molar-refractivity contribution >= 4 is 39.6 Å². The summed E-state index contributed by atoms with van der Waals surface area (Å²) in [5, 5.41) is 9.50. The van der Waals surface area contributed by atoms with Crippen LogP contribution in [0.3, 0.4) is 0 Å². The lowest BCUT2D eigenvalue weighted by Gasteiger charge is -2.35. The van der Waals surface area contributed by atoms with Gasteiger partial charge in [0.25, 0.3) is 0 Å². The van der Waals surface area contributed by atoms with Crippen molar-refractivity contribution in [2.75, 3.05) is 48.3 Å². The normalized spacial score (nSPS) is 15.7. The third kappa shape index (κ3) is 3.31. The number of hydrogen-bond acceptors (Lipinski definition) is 8. The van der Waals surface area contributed by atoms with Crippen LogP contribution in [0, 0.1) is 0 Å². The molecule has 0 unspecified atom stereocenters. The fourth-order valence-electron chi connectivity index (χ4n) is 2.38. The second-order valence-electron chi connectivity index (χ2n) is 4.97. The van der Waals surface area contributed by atoms with Gasteiger partial charge in [-0.15, -0.1) is 10.2 Å². The van der Waals surface area contributed by atoms with Gasteiger partial charge in [-0.25, -0.2) is 9.97 Å². The summed E-state index contributed by atoms with van der Waals surface area (Å²) in [6, 6.07) is 0. The molecule has 1 saturated heterocycles. The van der Waals surface area contributed by atoms with Crippen LogP contribution in [-0.2, 0) is 6.18 Å². The van der Waals surface area contributed by atoms with Gasteiger partial charge in [0, 0.05) is 33.2 Å². The van der Waals surface area contributed by atoms with Gasteiger partial charge in [-0.05, 0) is 0 Å². The fourth-order valence-corrected chi connectivity index (χ4v) is 3.36. The van der Waals surface area contributed by atoms with Gasteiger partial charge >= 0.3 is 6.18 Å². The molecule has 3 rings (SSSR count). The molecule has 2 aromatic rings. The molecule has 3 heterocycles. The largest absolute Gasteiger partial charge is 0.445 e. The van der Waals surface area contributed by atoms with Gasteiger partial charge in [0.2, 0.25) is 10.1 Å². The third-order valence-electron chi connectivity index (χ3n) is 3.54. The Balaban J connectivity index is 1.70. The average molecular weight is 380 g/mol. The fraction of sp³-hybridized carbons (Fsp3) is 0.500. The maximum Gasteiger partial charge on any atom is 0.445 e. The lowest BCUT2D eigenvalue weighted by Crippen LogP contribution is -2.47. The van der Waals surface area contributed by atoms with E-state index in [-0.39, 0.29) is 5.13 Å². The minimum absolute atomic E-state index is 0.275. The molecule has 0 aliphatic carbocycles. The number of aromatic nitrogens is 4. The number of piperazine rings is 1. The smallest absolute Gasteiger partial charge is 0.383 e. The van der Waals surface area contributed by atoms with Crippen LogP contribution in [-0.4, -0.2) is 53.4 Å². The van der Waals surface area contributed by atoms with E-state index in [1.54, 1.807) is 11.9 Å². The van der Waals surface area contributed by atoms with Gasteiger partial charge in [-0.3, -0.25) is 0 Å². The van der Waals surface area contributed by atoms with Crippen molar-refractivity contribution in [2.45, 2.75) is 6.18 Å². The Labute approximate surface area is 144 Å². The Morgan fingerprint density at radius 2 is 1.79 bits per heavy atom. The second kappa shape index (κ2) is 6.55. The van der Waals surface area contributed by atoms with Crippen molar-refractivity contribution in [1.29, 1.82) is 0 Å². The number of nitrogens with one attached hydrogen (secondary N) is 1. The molecule has 12 heteroatoms. The predicted molar refractivity (Wildman–Crippen MR) is 85.9 cm³/mol. The van der Waals surface area contributed by atoms with Gasteiger partial charge in [0.05, 0.1) is 0 Å². The Bertz CT molecular complexity index is 715. The summed E-state index contributed by atoms with van der Waals surface area (Å²) in [6.07, 6.45) is -3.08. The van der Waals surface area contributed by atoms with Crippen LogP contribution in [0.5, 0.6) is 0 Å². The quantitative estimate of drug-likeness (QED) is 0.821. The highest BCUT2D eigenvalue weighted by molar-refractivity contribution is 7.15. The lowest BCUT2D eigenvalue weighted by atomic mass is 10.3. The summed E-state index contributed by atoms with van der Waals surface area (Å²) in [4.78, 5) is 12.0. The van der Waals surface area contributed by atoms with Gasteiger partial charge < -0.3 is 15.1 Å².